The minimum Gasteiger partial charge on any atom is -0.870 e. The summed E-state index contributed by atoms with van der Waals surface area (Å²) in [6.07, 6.45) is 11.5. The number of nitrogens with zero attached hydrogens (tertiary/aromatic N) is 7. The predicted molar refractivity (Wildman–Crippen MR) is 327 cm³/mol. The topological polar surface area (TPSA) is 383 Å². The summed E-state index contributed by atoms with van der Waals surface area (Å²) in [4.78, 5) is 98.4. The molecule has 0 unspecified atom stereocenters. The zero-order chi connectivity index (χ0) is 66.0. The Kier molecular flexibility index (Phi) is 40.3. The Labute approximate surface area is 553 Å². The molecule has 0 radical (unpaired) electrons. The Hall–Kier alpha value is -8.64. The zero-order valence-corrected chi connectivity index (χ0v) is 55.7. The van der Waals surface area contributed by atoms with Crippen LogP contribution in [0, 0.1) is 83.1 Å². The Morgan fingerprint density at radius 3 is 1.04 bits per heavy atom. The number of carboxylic acid groups (broad SMARTS) is 3. The summed E-state index contributed by atoms with van der Waals surface area (Å²) >= 11 is 0. The van der Waals surface area contributed by atoms with Crippen molar-refractivity contribution in [3.63, 3.8) is 0 Å². The van der Waals surface area contributed by atoms with Gasteiger partial charge in [0.15, 0.2) is 0 Å². The minimum atomic E-state index is -1.02. The summed E-state index contributed by atoms with van der Waals surface area (Å²) in [6, 6.07) is 9.97. The van der Waals surface area contributed by atoms with Crippen LogP contribution in [-0.4, -0.2) is 143 Å². The number of nitrogens with one attached hydrogen (secondary N) is 1. The van der Waals surface area contributed by atoms with E-state index in [4.69, 9.17) is 35.2 Å². The number of aromatic carboxylic acids is 3. The van der Waals surface area contributed by atoms with E-state index >= 15 is 0 Å². The molecule has 2 saturated heterocycles. The number of Topliss-reactive ketones (excluding diaryl/α,β-unsaturated/α-hetero) is 2. The molecular weight excluding hydrogens is 1220 g/mol. The summed E-state index contributed by atoms with van der Waals surface area (Å²) in [5.74, 6) is -3.14. The number of carbonyl (C=O) groups excluding carboxylic acids is 5. The van der Waals surface area contributed by atoms with E-state index in [2.05, 4.69) is 15.3 Å². The van der Waals surface area contributed by atoms with Gasteiger partial charge in [-0.25, -0.2) is 24.0 Å². The molecule has 8 rings (SSSR count). The van der Waals surface area contributed by atoms with Crippen LogP contribution in [-0.2, 0) is 19.1 Å². The molecule has 0 atom stereocenters. The second-order valence-electron chi connectivity index (χ2n) is 19.9. The van der Waals surface area contributed by atoms with Gasteiger partial charge in [-0.05, 0) is 115 Å². The number of carbonyl (C=O) groups is 8. The van der Waals surface area contributed by atoms with Crippen LogP contribution in [0.25, 0.3) is 0 Å². The number of amides is 1. The third-order valence-electron chi connectivity index (χ3n) is 13.5. The van der Waals surface area contributed by atoms with Crippen LogP contribution in [0.4, 0.5) is 0 Å². The average Bonchev–Trinajstić information content (AvgIpc) is 2.06. The summed E-state index contributed by atoms with van der Waals surface area (Å²) in [7, 11) is 0. The number of pyridine rings is 6. The molecule has 0 aliphatic carbocycles. The number of ether oxygens (including phenoxy) is 2. The largest absolute Gasteiger partial charge is 1.00 e. The molecule has 1 amide bonds. The van der Waals surface area contributed by atoms with Crippen molar-refractivity contribution in [2.24, 2.45) is 0 Å². The fraction of sp³-hybridized carbons (Fsp3) is 0.387. The molecule has 6 aromatic heterocycles. The maximum atomic E-state index is 12.4. The van der Waals surface area contributed by atoms with Crippen molar-refractivity contribution in [2.75, 3.05) is 39.4 Å². The molecule has 6 aromatic rings. The molecule has 2 aliphatic heterocycles. The smallest absolute Gasteiger partial charge is 0.870 e. The van der Waals surface area contributed by atoms with E-state index in [-0.39, 0.29) is 77.9 Å². The molecule has 26 nitrogen and oxygen atoms in total. The number of halogens is 2. The fourth-order valence-corrected chi connectivity index (χ4v) is 8.64. The molecule has 29 heteroatoms. The summed E-state index contributed by atoms with van der Waals surface area (Å²) in [6.45, 7) is 27.6. The SMILES string of the molecule is CCOC(=O)c1c(C)cc[n+](O)c1C.CCOC(=O)c1c(C)ccnc1C.Cc1cc[n+](O)c(C)c1C(=O)N1CCC(=O)CC1.Cc1cc[n+](O)c(C)c1C(=O)O.Cc1cc[n+](O)c(C)c1C(=O)O.Cc1ccnc(C)c1C(=O)O.Cl.Cl.O=C1CCNCC1.[Li+].[OH-]. The summed E-state index contributed by atoms with van der Waals surface area (Å²) in [5, 5.41) is 66.5. The number of hydrogen-bond donors (Lipinski definition) is 8. The number of aryl methyl sites for hydroxylation is 8. The van der Waals surface area contributed by atoms with E-state index in [0.717, 1.165) is 72.8 Å². The number of ketones is 2. The van der Waals surface area contributed by atoms with Crippen molar-refractivity contribution in [1.82, 2.24) is 20.2 Å². The molecule has 8 heterocycles. The van der Waals surface area contributed by atoms with E-state index in [1.54, 1.807) is 137 Å². The molecule has 91 heavy (non-hydrogen) atoms. The van der Waals surface area contributed by atoms with Gasteiger partial charge >= 0.3 is 48.7 Å². The van der Waals surface area contributed by atoms with Gasteiger partial charge in [0.2, 0.25) is 47.6 Å². The Morgan fingerprint density at radius 2 is 0.747 bits per heavy atom. The molecule has 492 valence electrons. The van der Waals surface area contributed by atoms with Crippen LogP contribution >= 0.6 is 24.8 Å². The molecule has 9 N–H and O–H groups in total. The number of likely N-dealkylation sites (tertiary alicyclic amines) is 1. The van der Waals surface area contributed by atoms with Gasteiger partial charge < -0.3 is 40.5 Å². The standard InChI is InChI=1S/C13H17N2O3.C10H14NO3.C10H13NO2.2C8H9NO3.C8H9NO2.C5H9NO.2ClH.Li.H2O/c1-9-3-8-15(18)10(2)12(9)13(17)14-6-4-11(16)5-7-14;1-4-14-10(12)9-7(2)5-6-11(13)8(9)3;1-4-13-10(12)9-7(2)5-6-11-8(9)3;2*1-5-3-4-9(12)6(2)7(5)8(10)11;1-5-3-4-9-6(2)7(5)8(10)11;7-5-1-3-6-4-2-5;;;;/h3,8,18H,4-7H2,1-2H3;5-6,13H,4H2,1-3H3;5-6H,4H2,1-3H3;2*3-4H,1-2H3,(H-,10,11,12);3-4H,1-2H3,(H,10,11);6H,1-4H2;2*1H;;1H2/q2*+1;;;;;;;;+1;/p+1. The summed E-state index contributed by atoms with van der Waals surface area (Å²) < 4.78 is 13.3. The van der Waals surface area contributed by atoms with Gasteiger partial charge in [0.25, 0.3) is 5.91 Å². The molecule has 0 saturated carbocycles. The molecule has 0 bridgehead atoms. The zero-order valence-electron chi connectivity index (χ0n) is 54.1. The first-order chi connectivity index (χ1) is 40.8. The quantitative estimate of drug-likeness (QED) is 0.0467. The first-order valence-corrected chi connectivity index (χ1v) is 27.6. The van der Waals surface area contributed by atoms with Gasteiger partial charge in [0.1, 0.15) is 33.8 Å². The molecular formula is C62H85Cl2LiN8O18+4. The fourth-order valence-electron chi connectivity index (χ4n) is 8.64. The van der Waals surface area contributed by atoms with Crippen molar-refractivity contribution in [3.8, 4) is 0 Å². The second kappa shape index (κ2) is 42.4. The van der Waals surface area contributed by atoms with Gasteiger partial charge in [-0.1, -0.05) is 0 Å². The van der Waals surface area contributed by atoms with Crippen LogP contribution in [0.3, 0.4) is 0 Å². The van der Waals surface area contributed by atoms with Crippen LogP contribution in [0.5, 0.6) is 0 Å². The van der Waals surface area contributed by atoms with Crippen molar-refractivity contribution in [3.05, 3.63) is 175 Å². The first kappa shape index (κ1) is 86.6. The second-order valence-corrected chi connectivity index (χ2v) is 19.9. The van der Waals surface area contributed by atoms with Crippen LogP contribution < -0.4 is 43.1 Å². The Bertz CT molecular complexity index is 3360. The van der Waals surface area contributed by atoms with Gasteiger partial charge in [-0.15, -0.1) is 24.8 Å². The number of carboxylic acids is 3. The van der Waals surface area contributed by atoms with Gasteiger partial charge in [-0.3, -0.25) is 45.2 Å². The van der Waals surface area contributed by atoms with Crippen LogP contribution in [0.2, 0.25) is 0 Å². The predicted octanol–water partition coefficient (Wildman–Crippen LogP) is 3.57. The maximum Gasteiger partial charge on any atom is 1.00 e. The van der Waals surface area contributed by atoms with Crippen molar-refractivity contribution in [1.29, 1.82) is 0 Å². The van der Waals surface area contributed by atoms with Gasteiger partial charge in [0.05, 0.1) is 35.7 Å². The van der Waals surface area contributed by atoms with Gasteiger partial charge in [-0.2, -0.15) is 0 Å². The number of esters is 2. The number of aromatic nitrogens is 6. The normalized spacial score (nSPS) is 11.6. The van der Waals surface area contributed by atoms with Crippen molar-refractivity contribution in [2.45, 2.75) is 123 Å². The van der Waals surface area contributed by atoms with Crippen molar-refractivity contribution >= 4 is 72.1 Å². The average molecular weight is 1310 g/mol. The van der Waals surface area contributed by atoms with E-state index in [0.29, 0.717) is 107 Å². The van der Waals surface area contributed by atoms with E-state index < -0.39 is 23.9 Å². The van der Waals surface area contributed by atoms with Crippen molar-refractivity contribution < 1.29 is 127 Å². The Balaban J connectivity index is -0.000000997. The van der Waals surface area contributed by atoms with E-state index in [9.17, 15) is 48.8 Å². The van der Waals surface area contributed by atoms with Crippen LogP contribution in [0.15, 0.2) is 73.6 Å². The number of hydrogen-bond acceptors (Lipinski definition) is 18. The third-order valence-corrected chi connectivity index (χ3v) is 13.5. The molecule has 0 spiro atoms. The monoisotopic (exact) mass is 1310 g/mol. The first-order valence-electron chi connectivity index (χ1n) is 27.6. The van der Waals surface area contributed by atoms with Gasteiger partial charge in [0, 0.05) is 135 Å². The van der Waals surface area contributed by atoms with E-state index in [1.807, 2.05) is 13.8 Å². The minimum absolute atomic E-state index is 0. The maximum absolute atomic E-state index is 12.4. The van der Waals surface area contributed by atoms with E-state index in [1.165, 1.54) is 24.8 Å². The molecule has 0 aromatic carbocycles. The Morgan fingerprint density at radius 1 is 0.462 bits per heavy atom. The molecule has 2 fully saturated rings. The molecule has 2 aliphatic rings. The number of rotatable bonds is 8. The van der Waals surface area contributed by atoms with Crippen LogP contribution in [0.1, 0.15) is 169 Å². The third kappa shape index (κ3) is 26.4. The summed E-state index contributed by atoms with van der Waals surface area (Å²) in [5.41, 5.74) is 9.71. The number of piperidine rings is 2.